The molecule has 0 atom stereocenters. The third-order valence-electron chi connectivity index (χ3n) is 2.40. The first-order chi connectivity index (χ1) is 9.39. The number of aromatic amines is 1. The van der Waals surface area contributed by atoms with E-state index >= 15 is 0 Å². The molecule has 2 N–H and O–H groups in total. The van der Waals surface area contributed by atoms with E-state index in [4.69, 9.17) is 0 Å². The molecule has 0 saturated heterocycles. The van der Waals surface area contributed by atoms with Crippen LogP contribution in [0.4, 0.5) is 0 Å². The van der Waals surface area contributed by atoms with Crippen molar-refractivity contribution in [1.29, 1.82) is 0 Å². The number of sulfonamides is 1. The zero-order valence-corrected chi connectivity index (χ0v) is 11.9. The van der Waals surface area contributed by atoms with Gasteiger partial charge in [-0.15, -0.1) is 10.2 Å². The maximum absolute atomic E-state index is 11.5. The lowest BCUT2D eigenvalue weighted by atomic mass is 10.2. The van der Waals surface area contributed by atoms with Crippen LogP contribution in [0.1, 0.15) is 38.4 Å². The number of aryl methyl sites for hydroxylation is 1. The van der Waals surface area contributed by atoms with Crippen molar-refractivity contribution in [2.45, 2.75) is 39.0 Å². The van der Waals surface area contributed by atoms with E-state index in [1.165, 1.54) is 6.92 Å². The quantitative estimate of drug-likeness (QED) is 0.618. The summed E-state index contributed by atoms with van der Waals surface area (Å²) in [6.45, 7) is 1.39. The van der Waals surface area contributed by atoms with Gasteiger partial charge in [0.1, 0.15) is 5.78 Å². The fourth-order valence-electron chi connectivity index (χ4n) is 1.48. The molecule has 1 aromatic heterocycles. The van der Waals surface area contributed by atoms with E-state index in [2.05, 4.69) is 20.6 Å². The summed E-state index contributed by atoms with van der Waals surface area (Å²) in [5, 5.41) is 13.1. The molecule has 10 heteroatoms. The fraction of sp³-hybridized carbons (Fsp3) is 0.700. The summed E-state index contributed by atoms with van der Waals surface area (Å²) in [7, 11) is -3.66. The molecule has 0 radical (unpaired) electrons. The van der Waals surface area contributed by atoms with Gasteiger partial charge in [-0.25, -0.2) is 8.42 Å². The number of amides is 1. The van der Waals surface area contributed by atoms with Gasteiger partial charge in [0.25, 0.3) is 0 Å². The lowest BCUT2D eigenvalue weighted by Crippen LogP contribution is -2.32. The number of hydrogen-bond acceptors (Lipinski definition) is 7. The molecule has 0 aliphatic carbocycles. The van der Waals surface area contributed by atoms with E-state index in [-0.39, 0.29) is 30.8 Å². The minimum atomic E-state index is -3.66. The molecular weight excluding hydrogens is 286 g/mol. The Kier molecular flexibility index (Phi) is 6.22. The monoisotopic (exact) mass is 303 g/mol. The number of ketones is 1. The van der Waals surface area contributed by atoms with Gasteiger partial charge < -0.3 is 4.79 Å². The van der Waals surface area contributed by atoms with Crippen LogP contribution >= 0.6 is 0 Å². The van der Waals surface area contributed by atoms with Gasteiger partial charge in [-0.2, -0.15) is 5.21 Å². The Labute approximate surface area is 116 Å². The summed E-state index contributed by atoms with van der Waals surface area (Å²) in [6.07, 6.45) is 1.32. The number of carbonyl (C=O) groups excluding carboxylic acids is 2. The molecule has 0 fully saturated rings. The van der Waals surface area contributed by atoms with Crippen LogP contribution in [0, 0.1) is 0 Å². The maximum Gasteiger partial charge on any atom is 0.234 e. The number of carbonyl (C=O) groups is 2. The molecule has 9 nitrogen and oxygen atoms in total. The number of nitrogens with zero attached hydrogens (tertiary/aromatic N) is 3. The lowest BCUT2D eigenvalue weighted by molar-refractivity contribution is -0.119. The molecule has 1 amide bonds. The van der Waals surface area contributed by atoms with Crippen molar-refractivity contribution in [3.63, 3.8) is 0 Å². The molecule has 1 aromatic rings. The zero-order chi connectivity index (χ0) is 15.0. The average molecular weight is 303 g/mol. The van der Waals surface area contributed by atoms with E-state index in [0.29, 0.717) is 18.7 Å². The van der Waals surface area contributed by atoms with E-state index in [9.17, 15) is 18.0 Å². The minimum absolute atomic E-state index is 0.0560. The molecule has 0 aliphatic heterocycles. The average Bonchev–Trinajstić information content (AvgIpc) is 2.80. The van der Waals surface area contributed by atoms with Crippen molar-refractivity contribution < 1.29 is 18.0 Å². The third-order valence-corrected chi connectivity index (χ3v) is 3.77. The molecule has 0 aromatic carbocycles. The molecule has 20 heavy (non-hydrogen) atoms. The molecule has 112 valence electrons. The number of H-pyrrole nitrogens is 1. The SMILES string of the molecule is CC(=O)CCCS(=O)(=O)NC(=O)CCCc1nn[nH]n1. The molecule has 0 bridgehead atoms. The van der Waals surface area contributed by atoms with Crippen LogP contribution in [0.2, 0.25) is 0 Å². The Balaban J connectivity index is 2.24. The van der Waals surface area contributed by atoms with Crippen molar-refractivity contribution in [1.82, 2.24) is 25.3 Å². The Bertz CT molecular complexity index is 540. The highest BCUT2D eigenvalue weighted by molar-refractivity contribution is 7.90. The van der Waals surface area contributed by atoms with Crippen molar-refractivity contribution in [3.05, 3.63) is 5.82 Å². The Morgan fingerprint density at radius 2 is 2.00 bits per heavy atom. The number of hydrogen-bond donors (Lipinski definition) is 2. The second-order valence-electron chi connectivity index (χ2n) is 4.33. The number of rotatable bonds is 9. The van der Waals surface area contributed by atoms with Crippen molar-refractivity contribution >= 4 is 21.7 Å². The Morgan fingerprint density at radius 1 is 1.25 bits per heavy atom. The number of aromatic nitrogens is 4. The highest BCUT2D eigenvalue weighted by atomic mass is 32.2. The van der Waals surface area contributed by atoms with Gasteiger partial charge in [0.15, 0.2) is 5.82 Å². The highest BCUT2D eigenvalue weighted by Gasteiger charge is 2.14. The van der Waals surface area contributed by atoms with Crippen LogP contribution in [-0.2, 0) is 26.0 Å². The largest absolute Gasteiger partial charge is 0.300 e. The first-order valence-electron chi connectivity index (χ1n) is 6.14. The van der Waals surface area contributed by atoms with Gasteiger partial charge in [0.05, 0.1) is 5.75 Å². The van der Waals surface area contributed by atoms with E-state index in [0.717, 1.165) is 0 Å². The molecule has 1 rings (SSSR count). The smallest absolute Gasteiger partial charge is 0.234 e. The number of Topliss-reactive ketones (excluding diaryl/α,β-unsaturated/α-hetero) is 1. The maximum atomic E-state index is 11.5. The van der Waals surface area contributed by atoms with E-state index in [1.807, 2.05) is 4.72 Å². The van der Waals surface area contributed by atoms with Crippen LogP contribution in [0.15, 0.2) is 0 Å². The van der Waals surface area contributed by atoms with Crippen LogP contribution in [0.25, 0.3) is 0 Å². The Morgan fingerprint density at radius 3 is 2.60 bits per heavy atom. The van der Waals surface area contributed by atoms with Gasteiger partial charge >= 0.3 is 0 Å². The normalized spacial score (nSPS) is 11.2. The summed E-state index contributed by atoms with van der Waals surface area (Å²) >= 11 is 0. The molecule has 0 spiro atoms. The minimum Gasteiger partial charge on any atom is -0.300 e. The highest BCUT2D eigenvalue weighted by Crippen LogP contribution is 2.00. The van der Waals surface area contributed by atoms with Gasteiger partial charge in [-0.3, -0.25) is 9.52 Å². The third kappa shape index (κ3) is 6.92. The molecule has 0 aliphatic rings. The fourth-order valence-corrected chi connectivity index (χ4v) is 2.56. The second-order valence-corrected chi connectivity index (χ2v) is 6.17. The predicted molar refractivity (Wildman–Crippen MR) is 69.0 cm³/mol. The van der Waals surface area contributed by atoms with Crippen LogP contribution in [-0.4, -0.2) is 46.5 Å². The van der Waals surface area contributed by atoms with Crippen molar-refractivity contribution in [2.24, 2.45) is 0 Å². The van der Waals surface area contributed by atoms with Gasteiger partial charge in [-0.1, -0.05) is 5.21 Å². The van der Waals surface area contributed by atoms with Crippen LogP contribution < -0.4 is 4.72 Å². The van der Waals surface area contributed by atoms with Crippen molar-refractivity contribution in [2.75, 3.05) is 5.75 Å². The summed E-state index contributed by atoms with van der Waals surface area (Å²) in [5.74, 6) is -0.409. The molecule has 0 saturated carbocycles. The molecule has 1 heterocycles. The molecular formula is C10H17N5O4S. The second kappa shape index (κ2) is 7.68. The number of nitrogens with one attached hydrogen (secondary N) is 2. The summed E-state index contributed by atoms with van der Waals surface area (Å²) in [6, 6.07) is 0. The van der Waals surface area contributed by atoms with Gasteiger partial charge in [0.2, 0.25) is 15.9 Å². The van der Waals surface area contributed by atoms with Gasteiger partial charge in [-0.05, 0) is 19.8 Å². The first-order valence-corrected chi connectivity index (χ1v) is 7.79. The topological polar surface area (TPSA) is 135 Å². The zero-order valence-electron chi connectivity index (χ0n) is 11.1. The lowest BCUT2D eigenvalue weighted by Gasteiger charge is -2.05. The van der Waals surface area contributed by atoms with Crippen molar-refractivity contribution in [3.8, 4) is 0 Å². The summed E-state index contributed by atoms with van der Waals surface area (Å²) < 4.78 is 25.0. The predicted octanol–water partition coefficient (Wildman–Crippen LogP) is -0.662. The first kappa shape index (κ1) is 16.2. The Hall–Kier alpha value is -1.84. The number of tetrazole rings is 1. The van der Waals surface area contributed by atoms with E-state index in [1.54, 1.807) is 0 Å². The van der Waals surface area contributed by atoms with Crippen LogP contribution in [0.5, 0.6) is 0 Å². The summed E-state index contributed by atoms with van der Waals surface area (Å²) in [5.41, 5.74) is 0. The van der Waals surface area contributed by atoms with Gasteiger partial charge in [0, 0.05) is 19.3 Å². The standard InChI is InChI=1S/C10H17N5O4S/c1-8(16)4-3-7-20(18,19)13-10(17)6-2-5-9-11-14-15-12-9/h2-7H2,1H3,(H,13,17)(H,11,12,14,15). The summed E-state index contributed by atoms with van der Waals surface area (Å²) in [4.78, 5) is 22.2. The van der Waals surface area contributed by atoms with E-state index < -0.39 is 15.9 Å². The molecule has 0 unspecified atom stereocenters. The van der Waals surface area contributed by atoms with Crippen LogP contribution in [0.3, 0.4) is 0 Å².